The number of hydrogen-bond acceptors (Lipinski definition) is 4. The quantitative estimate of drug-likeness (QED) is 0.129. The first kappa shape index (κ1) is 32.5. The number of nitrogens with zero attached hydrogens (tertiary/aromatic N) is 5. The highest BCUT2D eigenvalue weighted by Crippen LogP contribution is 2.39. The number of urea groups is 1. The van der Waals surface area contributed by atoms with Gasteiger partial charge in [0, 0.05) is 50.0 Å². The summed E-state index contributed by atoms with van der Waals surface area (Å²) in [5.74, 6) is 0.0602. The first-order valence-corrected chi connectivity index (χ1v) is 19.3. The number of halogens is 5. The van der Waals surface area contributed by atoms with Gasteiger partial charge in [-0.2, -0.15) is 18.3 Å². The zero-order chi connectivity index (χ0) is 31.8. The standard InChI is InChI=1S/C31H38BrF4N5O2Si/c1-21-7-5-10-27(33)28(21)38-13-11-23(12-14-38)40-18-22-17-39(20-43-15-16-44(2,3)4)37-29(22)41(30(40)42)19-24-25(31(34,35)36)8-6-9-26(24)32/h5-10,17,23H,11-16,18-20H2,1-4H3. The molecule has 7 nitrogen and oxygen atoms in total. The summed E-state index contributed by atoms with van der Waals surface area (Å²) in [4.78, 5) is 19.2. The number of aryl methyl sites for hydroxylation is 1. The highest BCUT2D eigenvalue weighted by Gasteiger charge is 2.41. The van der Waals surface area contributed by atoms with Crippen LogP contribution in [0.15, 0.2) is 47.1 Å². The molecule has 0 bridgehead atoms. The maximum absolute atomic E-state index is 14.7. The third kappa shape index (κ3) is 7.15. The van der Waals surface area contributed by atoms with Gasteiger partial charge in [-0.1, -0.05) is 53.8 Å². The van der Waals surface area contributed by atoms with E-state index in [1.807, 2.05) is 24.1 Å². The number of anilines is 2. The molecule has 1 fully saturated rings. The Bertz CT molecular complexity index is 1480. The Morgan fingerprint density at radius 3 is 2.45 bits per heavy atom. The maximum Gasteiger partial charge on any atom is 0.416 e. The Labute approximate surface area is 264 Å². The van der Waals surface area contributed by atoms with Gasteiger partial charge in [-0.25, -0.2) is 13.9 Å². The van der Waals surface area contributed by atoms with Gasteiger partial charge in [-0.3, -0.25) is 4.90 Å². The fourth-order valence-corrected chi connectivity index (χ4v) is 7.13. The van der Waals surface area contributed by atoms with Crippen LogP contribution in [0.2, 0.25) is 25.7 Å². The molecule has 2 amide bonds. The molecule has 0 spiro atoms. The number of alkyl halides is 3. The van der Waals surface area contributed by atoms with Crippen molar-refractivity contribution < 1.29 is 27.1 Å². The Morgan fingerprint density at radius 1 is 1.09 bits per heavy atom. The highest BCUT2D eigenvalue weighted by atomic mass is 79.9. The molecular formula is C31H38BrF4N5O2Si. The summed E-state index contributed by atoms with van der Waals surface area (Å²) in [6.07, 6.45) is -1.58. The monoisotopic (exact) mass is 695 g/mol. The van der Waals surface area contributed by atoms with E-state index in [9.17, 15) is 22.4 Å². The molecule has 13 heteroatoms. The van der Waals surface area contributed by atoms with Crippen LogP contribution in [-0.2, 0) is 30.7 Å². The molecule has 2 aromatic carbocycles. The van der Waals surface area contributed by atoms with E-state index < -0.39 is 25.8 Å². The SMILES string of the molecule is Cc1cccc(F)c1N1CCC(N2Cc3cn(COCC[Si](C)(C)C)nc3N(Cc3c(Br)cccc3C(F)(F)F)C2=O)CC1. The minimum atomic E-state index is -4.60. The van der Waals surface area contributed by atoms with Crippen molar-refractivity contribution in [1.82, 2.24) is 14.7 Å². The molecule has 0 atom stereocenters. The van der Waals surface area contributed by atoms with Crippen LogP contribution in [0.1, 0.15) is 35.1 Å². The van der Waals surface area contributed by atoms with Crippen LogP contribution in [0.25, 0.3) is 0 Å². The van der Waals surface area contributed by atoms with E-state index in [1.165, 1.54) is 17.0 Å². The third-order valence-electron chi connectivity index (χ3n) is 8.26. The van der Waals surface area contributed by atoms with Gasteiger partial charge in [0.15, 0.2) is 5.82 Å². The molecule has 0 saturated carbocycles. The van der Waals surface area contributed by atoms with Gasteiger partial charge in [0.05, 0.1) is 24.3 Å². The van der Waals surface area contributed by atoms with Crippen molar-refractivity contribution in [3.8, 4) is 0 Å². The lowest BCUT2D eigenvalue weighted by Gasteiger charge is -2.43. The van der Waals surface area contributed by atoms with Crippen molar-refractivity contribution in [2.45, 2.75) is 77.5 Å². The molecule has 3 aromatic rings. The number of carbonyl (C=O) groups is 1. The number of aromatic nitrogens is 2. The molecule has 5 rings (SSSR count). The van der Waals surface area contributed by atoms with Crippen molar-refractivity contribution in [3.63, 3.8) is 0 Å². The summed E-state index contributed by atoms with van der Waals surface area (Å²) in [7, 11) is -1.29. The lowest BCUT2D eigenvalue weighted by Crippen LogP contribution is -2.54. The molecule has 1 aromatic heterocycles. The zero-order valence-electron chi connectivity index (χ0n) is 25.4. The van der Waals surface area contributed by atoms with Crippen molar-refractivity contribution in [2.24, 2.45) is 0 Å². The fraction of sp³-hybridized carbons (Fsp3) is 0.484. The first-order chi connectivity index (χ1) is 20.7. The number of piperidine rings is 1. The molecule has 238 valence electrons. The van der Waals surface area contributed by atoms with Crippen molar-refractivity contribution in [3.05, 3.63) is 75.1 Å². The summed E-state index contributed by atoms with van der Waals surface area (Å²) in [6, 6.07) is 9.34. The van der Waals surface area contributed by atoms with Crippen molar-refractivity contribution >= 4 is 41.5 Å². The van der Waals surface area contributed by atoms with Gasteiger partial charge in [0.25, 0.3) is 0 Å². The summed E-state index contributed by atoms with van der Waals surface area (Å²) in [5, 5.41) is 4.62. The van der Waals surface area contributed by atoms with Gasteiger partial charge in [0.1, 0.15) is 12.5 Å². The molecule has 0 unspecified atom stereocenters. The van der Waals surface area contributed by atoms with Gasteiger partial charge in [-0.15, -0.1) is 0 Å². The number of hydrogen-bond donors (Lipinski definition) is 0. The molecule has 0 radical (unpaired) electrons. The molecule has 3 heterocycles. The molecule has 0 N–H and O–H groups in total. The molecule has 2 aliphatic heterocycles. The molecule has 44 heavy (non-hydrogen) atoms. The van der Waals surface area contributed by atoms with Gasteiger partial charge >= 0.3 is 12.2 Å². The Balaban J connectivity index is 1.41. The number of ether oxygens (including phenoxy) is 1. The lowest BCUT2D eigenvalue weighted by atomic mass is 10.00. The van der Waals surface area contributed by atoms with E-state index in [2.05, 4.69) is 40.7 Å². The van der Waals surface area contributed by atoms with Crippen LogP contribution in [0, 0.1) is 12.7 Å². The predicted molar refractivity (Wildman–Crippen MR) is 169 cm³/mol. The van der Waals surface area contributed by atoms with Crippen LogP contribution in [0.5, 0.6) is 0 Å². The average molecular weight is 697 g/mol. The van der Waals surface area contributed by atoms with Crippen LogP contribution in [0.3, 0.4) is 0 Å². The van der Waals surface area contributed by atoms with E-state index >= 15 is 0 Å². The lowest BCUT2D eigenvalue weighted by molar-refractivity contribution is -0.138. The molecule has 0 aliphatic carbocycles. The number of carbonyl (C=O) groups excluding carboxylic acids is 1. The van der Waals surface area contributed by atoms with Crippen LogP contribution < -0.4 is 9.80 Å². The minimum absolute atomic E-state index is 0.0352. The summed E-state index contributed by atoms with van der Waals surface area (Å²) < 4.78 is 64.6. The van der Waals surface area contributed by atoms with Gasteiger partial charge in [0.2, 0.25) is 0 Å². The summed E-state index contributed by atoms with van der Waals surface area (Å²) >= 11 is 3.29. The van der Waals surface area contributed by atoms with E-state index in [1.54, 1.807) is 21.7 Å². The van der Waals surface area contributed by atoms with Crippen LogP contribution >= 0.6 is 15.9 Å². The summed E-state index contributed by atoms with van der Waals surface area (Å²) in [6.45, 7) is 10.5. The highest BCUT2D eigenvalue weighted by molar-refractivity contribution is 9.10. The van der Waals surface area contributed by atoms with Crippen molar-refractivity contribution in [1.29, 1.82) is 0 Å². The van der Waals surface area contributed by atoms with E-state index in [0.29, 0.717) is 44.0 Å². The molecule has 1 saturated heterocycles. The van der Waals surface area contributed by atoms with E-state index in [4.69, 9.17) is 4.74 Å². The number of amides is 2. The number of benzene rings is 2. The number of rotatable bonds is 9. The maximum atomic E-state index is 14.7. The van der Waals surface area contributed by atoms with Crippen LogP contribution in [-0.4, -0.2) is 54.5 Å². The topological polar surface area (TPSA) is 53.8 Å². The predicted octanol–water partition coefficient (Wildman–Crippen LogP) is 8.04. The second-order valence-corrected chi connectivity index (χ2v) is 19.2. The average Bonchev–Trinajstić information content (AvgIpc) is 3.35. The number of para-hydroxylation sites is 1. The van der Waals surface area contributed by atoms with E-state index in [0.717, 1.165) is 23.2 Å². The third-order valence-corrected chi connectivity index (χ3v) is 10.7. The summed E-state index contributed by atoms with van der Waals surface area (Å²) in [5.41, 5.74) is 1.32. The first-order valence-electron chi connectivity index (χ1n) is 14.8. The zero-order valence-corrected chi connectivity index (χ0v) is 28.0. The smallest absolute Gasteiger partial charge is 0.369 e. The van der Waals surface area contributed by atoms with Gasteiger partial charge < -0.3 is 14.5 Å². The Morgan fingerprint density at radius 2 is 1.80 bits per heavy atom. The molecular weight excluding hydrogens is 658 g/mol. The van der Waals surface area contributed by atoms with Crippen molar-refractivity contribution in [2.75, 3.05) is 29.5 Å². The van der Waals surface area contributed by atoms with E-state index in [-0.39, 0.29) is 41.7 Å². The number of fused-ring (bicyclic) bond motifs is 1. The largest absolute Gasteiger partial charge is 0.416 e. The minimum Gasteiger partial charge on any atom is -0.369 e. The second-order valence-electron chi connectivity index (χ2n) is 12.7. The Hall–Kier alpha value is -2.90. The van der Waals surface area contributed by atoms with Gasteiger partial charge in [-0.05, 0) is 55.1 Å². The van der Waals surface area contributed by atoms with Crippen LogP contribution in [0.4, 0.5) is 33.9 Å². The normalized spacial score (nSPS) is 16.6. The fourth-order valence-electron chi connectivity index (χ4n) is 5.89. The molecule has 2 aliphatic rings. The second kappa shape index (κ2) is 12.8. The Kier molecular flexibility index (Phi) is 9.48.